The summed E-state index contributed by atoms with van der Waals surface area (Å²) in [4.78, 5) is 41.9. The molecule has 0 unspecified atom stereocenters. The van der Waals surface area contributed by atoms with E-state index in [4.69, 9.17) is 4.42 Å². The van der Waals surface area contributed by atoms with E-state index in [2.05, 4.69) is 4.98 Å². The zero-order chi connectivity index (χ0) is 25.4. The van der Waals surface area contributed by atoms with E-state index in [0.717, 1.165) is 23.5 Å². The molecule has 36 heavy (non-hydrogen) atoms. The third-order valence-electron chi connectivity index (χ3n) is 5.20. The van der Waals surface area contributed by atoms with Crippen LogP contribution in [0, 0.1) is 0 Å². The molecule has 1 heterocycles. The van der Waals surface area contributed by atoms with Crippen LogP contribution in [0.5, 0.6) is 5.75 Å². The minimum absolute atomic E-state index is 0.0805. The van der Waals surface area contributed by atoms with Crippen LogP contribution in [0.15, 0.2) is 102 Å². The molecule has 5 rings (SSSR count). The summed E-state index contributed by atoms with van der Waals surface area (Å²) in [5, 5.41) is 29.4. The lowest BCUT2D eigenvalue weighted by Crippen LogP contribution is -2.06. The van der Waals surface area contributed by atoms with Crippen LogP contribution in [-0.2, 0) is 0 Å². The predicted molar refractivity (Wildman–Crippen MR) is 134 cm³/mol. The lowest BCUT2D eigenvalue weighted by Gasteiger charge is -2.11. The van der Waals surface area contributed by atoms with E-state index >= 15 is 0 Å². The van der Waals surface area contributed by atoms with Crippen molar-refractivity contribution in [1.29, 1.82) is 0 Å². The van der Waals surface area contributed by atoms with E-state index < -0.39 is 11.9 Å². The van der Waals surface area contributed by atoms with Crippen molar-refractivity contribution in [3.05, 3.63) is 94.1 Å². The largest absolute Gasteiger partial charge is 0.507 e. The van der Waals surface area contributed by atoms with Crippen LogP contribution >= 0.6 is 23.5 Å². The molecule has 0 aromatic heterocycles. The Kier molecular flexibility index (Phi) is 6.13. The van der Waals surface area contributed by atoms with Gasteiger partial charge in [-0.3, -0.25) is 4.79 Å². The summed E-state index contributed by atoms with van der Waals surface area (Å²) in [6.07, 6.45) is 0. The summed E-state index contributed by atoms with van der Waals surface area (Å²) >= 11 is 2.11. The molecular formula is C26H15NO7S2. The maximum atomic E-state index is 12.7. The van der Waals surface area contributed by atoms with Crippen molar-refractivity contribution >= 4 is 46.6 Å². The van der Waals surface area contributed by atoms with Crippen molar-refractivity contribution in [1.82, 2.24) is 4.98 Å². The Labute approximate surface area is 211 Å². The van der Waals surface area contributed by atoms with Crippen molar-refractivity contribution < 1.29 is 29.3 Å². The van der Waals surface area contributed by atoms with Gasteiger partial charge in [-0.25, -0.2) is 14.6 Å². The smallest absolute Gasteiger partial charge is 0.336 e. The molecule has 0 spiro atoms. The first-order valence-corrected chi connectivity index (χ1v) is 12.1. The van der Waals surface area contributed by atoms with Crippen LogP contribution in [0.25, 0.3) is 22.6 Å². The lowest BCUT2D eigenvalue weighted by molar-refractivity contribution is 0.0682. The fraction of sp³-hybridized carbons (Fsp3) is 0. The fourth-order valence-electron chi connectivity index (χ4n) is 3.52. The molecule has 178 valence electrons. The Morgan fingerprint density at radius 2 is 1.33 bits per heavy atom. The average Bonchev–Trinajstić information content (AvgIpc) is 2.84. The van der Waals surface area contributed by atoms with Gasteiger partial charge in [0.25, 0.3) is 0 Å². The van der Waals surface area contributed by atoms with Crippen LogP contribution in [0.4, 0.5) is 0 Å². The lowest BCUT2D eigenvalue weighted by atomic mass is 10.2. The molecule has 0 saturated heterocycles. The number of carboxylic acid groups (broad SMARTS) is 2. The minimum atomic E-state index is -1.10. The zero-order valence-corrected chi connectivity index (χ0v) is 19.8. The number of aromatic hydroxyl groups is 1. The Hall–Kier alpha value is -4.28. The van der Waals surface area contributed by atoms with Crippen molar-refractivity contribution in [2.75, 3.05) is 0 Å². The number of aromatic carboxylic acids is 2. The standard InChI is InChI=1S/C26H15NO7S2/c28-17-11-19-15(9-23(17)35-21-7-3-1-5-13(21)25(30)31)27-16-10-24(18(29)12-20(16)34-19)36-22-8-4-2-6-14(22)26(32)33/h1-12,28H,(H,30,31)(H,32,33). The first-order chi connectivity index (χ1) is 17.3. The van der Waals surface area contributed by atoms with Crippen molar-refractivity contribution in [3.8, 4) is 17.2 Å². The predicted octanol–water partition coefficient (Wildman–Crippen LogP) is 5.70. The summed E-state index contributed by atoms with van der Waals surface area (Å²) in [5.74, 6) is -2.10. The van der Waals surface area contributed by atoms with Crippen molar-refractivity contribution in [2.24, 2.45) is 0 Å². The van der Waals surface area contributed by atoms with E-state index in [-0.39, 0.29) is 38.5 Å². The van der Waals surface area contributed by atoms with Gasteiger partial charge in [-0.05, 0) is 36.4 Å². The summed E-state index contributed by atoms with van der Waals surface area (Å²) in [6, 6.07) is 18.6. The van der Waals surface area contributed by atoms with Crippen molar-refractivity contribution in [2.45, 2.75) is 19.6 Å². The molecule has 3 N–H and O–H groups in total. The van der Waals surface area contributed by atoms with E-state index in [9.17, 15) is 29.7 Å². The SMILES string of the molecule is O=C(O)c1ccccc1Sc1cc2nc3cc(Sc4ccccc4C(=O)O)c(=O)cc-3oc2cc1O. The summed E-state index contributed by atoms with van der Waals surface area (Å²) in [6.45, 7) is 0. The van der Waals surface area contributed by atoms with Crippen LogP contribution in [-0.4, -0.2) is 32.2 Å². The van der Waals surface area contributed by atoms with Gasteiger partial charge in [0.2, 0.25) is 0 Å². The molecule has 3 aromatic rings. The molecular weight excluding hydrogens is 502 g/mol. The van der Waals surface area contributed by atoms with Crippen LogP contribution in [0.3, 0.4) is 0 Å². The topological polar surface area (TPSA) is 138 Å². The highest BCUT2D eigenvalue weighted by molar-refractivity contribution is 7.99. The fourth-order valence-corrected chi connectivity index (χ4v) is 5.48. The maximum absolute atomic E-state index is 12.7. The van der Waals surface area contributed by atoms with Gasteiger partial charge in [0.1, 0.15) is 17.0 Å². The number of nitrogens with zero attached hydrogens (tertiary/aromatic N) is 1. The second kappa shape index (κ2) is 9.40. The van der Waals surface area contributed by atoms with Gasteiger partial charge >= 0.3 is 11.9 Å². The molecule has 10 heteroatoms. The highest BCUT2D eigenvalue weighted by Gasteiger charge is 2.19. The number of hydrogen-bond acceptors (Lipinski definition) is 8. The Morgan fingerprint density at radius 1 is 0.750 bits per heavy atom. The van der Waals surface area contributed by atoms with E-state index in [0.29, 0.717) is 25.9 Å². The summed E-state index contributed by atoms with van der Waals surface area (Å²) < 4.78 is 5.81. The van der Waals surface area contributed by atoms with E-state index in [1.165, 1.54) is 30.3 Å². The highest BCUT2D eigenvalue weighted by atomic mass is 32.2. The molecule has 0 atom stereocenters. The number of phenolic OH excluding ortho intramolecular Hbond substituents is 1. The summed E-state index contributed by atoms with van der Waals surface area (Å²) in [7, 11) is 0. The summed E-state index contributed by atoms with van der Waals surface area (Å²) in [5.41, 5.74) is 0.814. The van der Waals surface area contributed by atoms with Crippen LogP contribution in [0.2, 0.25) is 0 Å². The number of hydrogen-bond donors (Lipinski definition) is 3. The third kappa shape index (κ3) is 4.51. The molecule has 0 bridgehead atoms. The van der Waals surface area contributed by atoms with Gasteiger partial charge in [-0.1, -0.05) is 47.8 Å². The molecule has 1 aliphatic heterocycles. The molecule has 0 amide bonds. The van der Waals surface area contributed by atoms with E-state index in [1.807, 2.05) is 0 Å². The number of carbonyl (C=O) groups is 2. The maximum Gasteiger partial charge on any atom is 0.336 e. The first-order valence-electron chi connectivity index (χ1n) is 10.4. The number of phenols is 1. The van der Waals surface area contributed by atoms with E-state index in [1.54, 1.807) is 42.5 Å². The zero-order valence-electron chi connectivity index (χ0n) is 18.2. The first kappa shape index (κ1) is 23.5. The van der Waals surface area contributed by atoms with Gasteiger partial charge < -0.3 is 19.7 Å². The Morgan fingerprint density at radius 3 is 1.94 bits per heavy atom. The number of carboxylic acids is 2. The van der Waals surface area contributed by atoms with Gasteiger partial charge in [0.05, 0.1) is 20.9 Å². The second-order valence-electron chi connectivity index (χ2n) is 7.57. The number of fused-ring (bicyclic) bond motifs is 2. The Balaban J connectivity index is 1.57. The van der Waals surface area contributed by atoms with Crippen molar-refractivity contribution in [3.63, 3.8) is 0 Å². The highest BCUT2D eigenvalue weighted by Crippen LogP contribution is 2.40. The van der Waals surface area contributed by atoms with Gasteiger partial charge in [-0.15, -0.1) is 0 Å². The van der Waals surface area contributed by atoms with Crippen LogP contribution in [0.1, 0.15) is 20.7 Å². The molecule has 8 nitrogen and oxygen atoms in total. The normalized spacial score (nSPS) is 11.1. The molecule has 0 saturated carbocycles. The Bertz CT molecular complexity index is 1700. The third-order valence-corrected chi connectivity index (χ3v) is 7.44. The number of benzene rings is 4. The molecule has 3 aromatic carbocycles. The van der Waals surface area contributed by atoms with Crippen LogP contribution < -0.4 is 5.43 Å². The van der Waals surface area contributed by atoms with Gasteiger partial charge in [-0.2, -0.15) is 0 Å². The molecule has 2 aliphatic rings. The van der Waals surface area contributed by atoms with Gasteiger partial charge in [0, 0.05) is 21.9 Å². The number of aromatic nitrogens is 1. The van der Waals surface area contributed by atoms with Gasteiger partial charge in [0.15, 0.2) is 16.8 Å². The monoisotopic (exact) mass is 517 g/mol. The molecule has 1 aliphatic carbocycles. The number of rotatable bonds is 6. The molecule has 0 fully saturated rings. The second-order valence-corrected chi connectivity index (χ2v) is 9.74. The minimum Gasteiger partial charge on any atom is -0.507 e. The molecule has 0 radical (unpaired) electrons. The average molecular weight is 518 g/mol. The quantitative estimate of drug-likeness (QED) is 0.241.